The third-order valence-corrected chi connectivity index (χ3v) is 4.53. The highest BCUT2D eigenvalue weighted by Crippen LogP contribution is 2.27. The van der Waals surface area contributed by atoms with Crippen LogP contribution in [-0.2, 0) is 6.42 Å². The Morgan fingerprint density at radius 1 is 1.13 bits per heavy atom. The van der Waals surface area contributed by atoms with E-state index in [0.717, 1.165) is 23.3 Å². The van der Waals surface area contributed by atoms with Crippen LogP contribution in [0.2, 0.25) is 0 Å². The number of halogens is 2. The van der Waals surface area contributed by atoms with Gasteiger partial charge in [-0.2, -0.15) is 0 Å². The summed E-state index contributed by atoms with van der Waals surface area (Å²) in [5.41, 5.74) is 1.81. The number of benzene rings is 2. The standard InChI is InChI=1S/C18H13F2NOS/c1-11-4-2-5-12(8-11)18-21-10-17(23-18)16(22)9-13-14(19)6-3-7-15(13)20/h2-8,10H,9H2,1H3. The number of thiazole rings is 1. The smallest absolute Gasteiger partial charge is 0.179 e. The first-order valence-corrected chi connectivity index (χ1v) is 7.85. The molecule has 0 aliphatic heterocycles. The molecular weight excluding hydrogens is 316 g/mol. The SMILES string of the molecule is Cc1cccc(-c2ncc(C(=O)Cc3c(F)cccc3F)s2)c1. The average Bonchev–Trinajstić information content (AvgIpc) is 3.01. The second-order valence-electron chi connectivity index (χ2n) is 5.20. The first-order valence-electron chi connectivity index (χ1n) is 7.03. The van der Waals surface area contributed by atoms with Gasteiger partial charge < -0.3 is 0 Å². The summed E-state index contributed by atoms with van der Waals surface area (Å²) in [5.74, 6) is -1.76. The van der Waals surface area contributed by atoms with E-state index in [0.29, 0.717) is 9.88 Å². The third-order valence-electron chi connectivity index (χ3n) is 3.44. The van der Waals surface area contributed by atoms with Crippen LogP contribution < -0.4 is 0 Å². The zero-order valence-corrected chi connectivity index (χ0v) is 13.2. The van der Waals surface area contributed by atoms with Crippen molar-refractivity contribution in [3.8, 4) is 10.6 Å². The molecule has 116 valence electrons. The van der Waals surface area contributed by atoms with Gasteiger partial charge >= 0.3 is 0 Å². The summed E-state index contributed by atoms with van der Waals surface area (Å²) >= 11 is 1.23. The lowest BCUT2D eigenvalue weighted by Gasteiger charge is -2.02. The maximum absolute atomic E-state index is 13.6. The number of nitrogens with zero attached hydrogens (tertiary/aromatic N) is 1. The Hall–Kier alpha value is -2.40. The summed E-state index contributed by atoms with van der Waals surface area (Å²) in [6.07, 6.45) is 1.15. The third kappa shape index (κ3) is 3.35. The Morgan fingerprint density at radius 2 is 1.83 bits per heavy atom. The zero-order chi connectivity index (χ0) is 16.4. The minimum atomic E-state index is -0.707. The van der Waals surface area contributed by atoms with Crippen LogP contribution in [0.1, 0.15) is 20.8 Å². The molecule has 23 heavy (non-hydrogen) atoms. The molecule has 0 amide bonds. The van der Waals surface area contributed by atoms with Crippen LogP contribution in [0.4, 0.5) is 8.78 Å². The first-order chi connectivity index (χ1) is 11.0. The largest absolute Gasteiger partial charge is 0.293 e. The fourth-order valence-electron chi connectivity index (χ4n) is 2.26. The lowest BCUT2D eigenvalue weighted by molar-refractivity contribution is 0.0994. The molecule has 0 atom stereocenters. The fraction of sp³-hybridized carbons (Fsp3) is 0.111. The Balaban J connectivity index is 1.84. The molecule has 0 radical (unpaired) electrons. The van der Waals surface area contributed by atoms with Crippen molar-refractivity contribution in [2.24, 2.45) is 0 Å². The van der Waals surface area contributed by atoms with Crippen LogP contribution in [0.3, 0.4) is 0 Å². The van der Waals surface area contributed by atoms with Crippen LogP contribution in [0.25, 0.3) is 10.6 Å². The van der Waals surface area contributed by atoms with Crippen molar-refractivity contribution in [1.29, 1.82) is 0 Å². The van der Waals surface area contributed by atoms with E-state index in [9.17, 15) is 13.6 Å². The number of carbonyl (C=O) groups excluding carboxylic acids is 1. The summed E-state index contributed by atoms with van der Waals surface area (Å²) in [6, 6.07) is 11.4. The normalized spacial score (nSPS) is 10.7. The Morgan fingerprint density at radius 3 is 2.52 bits per heavy atom. The van der Waals surface area contributed by atoms with E-state index in [1.165, 1.54) is 23.6 Å². The Kier molecular flexibility index (Phi) is 4.30. The monoisotopic (exact) mass is 329 g/mol. The molecule has 1 heterocycles. The van der Waals surface area contributed by atoms with Gasteiger partial charge in [-0.1, -0.05) is 29.8 Å². The molecule has 0 saturated heterocycles. The molecule has 0 aliphatic carbocycles. The molecule has 0 fully saturated rings. The van der Waals surface area contributed by atoms with Gasteiger partial charge in [0.2, 0.25) is 0 Å². The summed E-state index contributed by atoms with van der Waals surface area (Å²) in [7, 11) is 0. The topological polar surface area (TPSA) is 30.0 Å². The highest BCUT2D eigenvalue weighted by molar-refractivity contribution is 7.16. The molecule has 0 N–H and O–H groups in total. The van der Waals surface area contributed by atoms with E-state index in [1.807, 2.05) is 31.2 Å². The molecule has 0 bridgehead atoms. The molecule has 2 nitrogen and oxygen atoms in total. The van der Waals surface area contributed by atoms with Crippen molar-refractivity contribution >= 4 is 17.1 Å². The molecule has 0 spiro atoms. The molecule has 1 aromatic heterocycles. The van der Waals surface area contributed by atoms with E-state index in [4.69, 9.17) is 0 Å². The van der Waals surface area contributed by atoms with E-state index >= 15 is 0 Å². The maximum atomic E-state index is 13.6. The Bertz CT molecular complexity index is 853. The van der Waals surface area contributed by atoms with Gasteiger partial charge in [0.05, 0.1) is 4.88 Å². The van der Waals surface area contributed by atoms with Gasteiger partial charge in [-0.25, -0.2) is 13.8 Å². The van der Waals surface area contributed by atoms with Crippen LogP contribution in [0.5, 0.6) is 0 Å². The predicted molar refractivity (Wildman–Crippen MR) is 86.7 cm³/mol. The molecule has 0 aliphatic rings. The van der Waals surface area contributed by atoms with Gasteiger partial charge in [0.15, 0.2) is 5.78 Å². The predicted octanol–water partition coefficient (Wildman–Crippen LogP) is 4.82. The number of rotatable bonds is 4. The van der Waals surface area contributed by atoms with Gasteiger partial charge in [0, 0.05) is 23.7 Å². The first kappa shape index (κ1) is 15.5. The van der Waals surface area contributed by atoms with Crippen molar-refractivity contribution in [3.05, 3.63) is 76.3 Å². The van der Waals surface area contributed by atoms with Gasteiger partial charge in [-0.15, -0.1) is 11.3 Å². The van der Waals surface area contributed by atoms with Crippen LogP contribution in [0.15, 0.2) is 48.7 Å². The van der Waals surface area contributed by atoms with Crippen LogP contribution >= 0.6 is 11.3 Å². The minimum Gasteiger partial charge on any atom is -0.293 e. The number of hydrogen-bond donors (Lipinski definition) is 0. The van der Waals surface area contributed by atoms with Crippen LogP contribution in [-0.4, -0.2) is 10.8 Å². The average molecular weight is 329 g/mol. The minimum absolute atomic E-state index is 0.206. The van der Waals surface area contributed by atoms with Crippen molar-refractivity contribution in [3.63, 3.8) is 0 Å². The van der Waals surface area contributed by atoms with Crippen molar-refractivity contribution in [1.82, 2.24) is 4.98 Å². The lowest BCUT2D eigenvalue weighted by atomic mass is 10.1. The zero-order valence-electron chi connectivity index (χ0n) is 12.3. The molecule has 0 unspecified atom stereocenters. The molecule has 3 rings (SSSR count). The van der Waals surface area contributed by atoms with E-state index in [-0.39, 0.29) is 17.8 Å². The number of Topliss-reactive ketones (excluding diaryl/α,β-unsaturated/α-hetero) is 1. The van der Waals surface area contributed by atoms with Gasteiger partial charge in [0.25, 0.3) is 0 Å². The molecular formula is C18H13F2NOS. The van der Waals surface area contributed by atoms with Gasteiger partial charge in [-0.05, 0) is 25.1 Å². The van der Waals surface area contributed by atoms with Crippen LogP contribution in [0, 0.1) is 18.6 Å². The maximum Gasteiger partial charge on any atom is 0.179 e. The van der Waals surface area contributed by atoms with Crippen molar-refractivity contribution in [2.75, 3.05) is 0 Å². The molecule has 3 aromatic rings. The number of carbonyl (C=O) groups is 1. The Labute approximate surface area is 136 Å². The second kappa shape index (κ2) is 6.38. The summed E-state index contributed by atoms with van der Waals surface area (Å²) in [6.45, 7) is 1.98. The highest BCUT2D eigenvalue weighted by atomic mass is 32.1. The number of hydrogen-bond acceptors (Lipinski definition) is 3. The quantitative estimate of drug-likeness (QED) is 0.642. The number of aromatic nitrogens is 1. The van der Waals surface area contributed by atoms with Gasteiger partial charge in [0.1, 0.15) is 16.6 Å². The summed E-state index contributed by atoms with van der Waals surface area (Å²) in [5, 5.41) is 0.714. The highest BCUT2D eigenvalue weighted by Gasteiger charge is 2.17. The van der Waals surface area contributed by atoms with E-state index in [2.05, 4.69) is 4.98 Å². The van der Waals surface area contributed by atoms with Gasteiger partial charge in [-0.3, -0.25) is 4.79 Å². The summed E-state index contributed by atoms with van der Waals surface area (Å²) in [4.78, 5) is 16.9. The summed E-state index contributed by atoms with van der Waals surface area (Å²) < 4.78 is 27.3. The molecule has 5 heteroatoms. The number of aryl methyl sites for hydroxylation is 1. The molecule has 2 aromatic carbocycles. The molecule has 0 saturated carbocycles. The van der Waals surface area contributed by atoms with Crippen molar-refractivity contribution in [2.45, 2.75) is 13.3 Å². The lowest BCUT2D eigenvalue weighted by Crippen LogP contribution is -2.05. The second-order valence-corrected chi connectivity index (χ2v) is 6.23. The van der Waals surface area contributed by atoms with E-state index in [1.54, 1.807) is 0 Å². The van der Waals surface area contributed by atoms with Crippen molar-refractivity contribution < 1.29 is 13.6 Å². The van der Waals surface area contributed by atoms with E-state index < -0.39 is 11.6 Å². The fourth-order valence-corrected chi connectivity index (χ4v) is 3.11. The number of ketones is 1.